The van der Waals surface area contributed by atoms with E-state index in [0.717, 1.165) is 29.6 Å². The highest BCUT2D eigenvalue weighted by atomic mass is 32.2. The quantitative estimate of drug-likeness (QED) is 0.764. The molecule has 1 aromatic heterocycles. The highest BCUT2D eigenvalue weighted by Crippen LogP contribution is 2.31. The van der Waals surface area contributed by atoms with Crippen LogP contribution in [0.3, 0.4) is 0 Å². The van der Waals surface area contributed by atoms with Gasteiger partial charge in [-0.3, -0.25) is 4.79 Å². The number of hydrogen-bond acceptors (Lipinski definition) is 7. The van der Waals surface area contributed by atoms with Crippen molar-refractivity contribution in [2.45, 2.75) is 12.4 Å². The fourth-order valence-corrected chi connectivity index (χ4v) is 3.98. The third-order valence-electron chi connectivity index (χ3n) is 4.81. The van der Waals surface area contributed by atoms with Gasteiger partial charge < -0.3 is 20.2 Å². The van der Waals surface area contributed by atoms with Crippen LogP contribution < -0.4 is 15.1 Å². The van der Waals surface area contributed by atoms with E-state index < -0.39 is 18.0 Å². The second kappa shape index (κ2) is 8.15. The van der Waals surface area contributed by atoms with Gasteiger partial charge in [0.15, 0.2) is 6.23 Å². The molecule has 4 rings (SSSR count). The average Bonchev–Trinajstić information content (AvgIpc) is 3.04. The first-order valence-corrected chi connectivity index (χ1v) is 9.99. The summed E-state index contributed by atoms with van der Waals surface area (Å²) in [7, 11) is 0. The first-order chi connectivity index (χ1) is 14.3. The van der Waals surface area contributed by atoms with Gasteiger partial charge >= 0.3 is 6.18 Å². The Balaban J connectivity index is 1.41. The van der Waals surface area contributed by atoms with E-state index in [1.807, 2.05) is 9.80 Å². The van der Waals surface area contributed by atoms with Crippen molar-refractivity contribution in [2.24, 2.45) is 0 Å². The molecule has 158 valence electrons. The van der Waals surface area contributed by atoms with Crippen LogP contribution in [0.5, 0.6) is 0 Å². The van der Waals surface area contributed by atoms with Gasteiger partial charge in [0, 0.05) is 43.0 Å². The molecular weight excluding hydrogens is 419 g/mol. The number of nitrogens with one attached hydrogen (secondary N) is 1. The van der Waals surface area contributed by atoms with Crippen molar-refractivity contribution < 1.29 is 23.1 Å². The molecule has 1 amide bonds. The fraction of sp³-hybridized carbons (Fsp3) is 0.316. The van der Waals surface area contributed by atoms with Gasteiger partial charge in [-0.25, -0.2) is 9.97 Å². The smallest absolute Gasteiger partial charge is 0.369 e. The largest absolute Gasteiger partial charge is 0.416 e. The summed E-state index contributed by atoms with van der Waals surface area (Å²) >= 11 is 0.920. The van der Waals surface area contributed by atoms with Gasteiger partial charge in [0.25, 0.3) is 5.24 Å². The Labute approximate surface area is 174 Å². The minimum absolute atomic E-state index is 0.317. The number of carbonyl (C=O) groups excluding carboxylic acids is 1. The number of aromatic nitrogens is 2. The zero-order valence-corrected chi connectivity index (χ0v) is 16.5. The number of aliphatic hydroxyl groups excluding tert-OH is 1. The Bertz CT molecular complexity index is 959. The van der Waals surface area contributed by atoms with E-state index >= 15 is 0 Å². The van der Waals surface area contributed by atoms with Crippen LogP contribution in [0.4, 0.5) is 29.6 Å². The summed E-state index contributed by atoms with van der Waals surface area (Å²) in [5.41, 5.74) is 0.654. The maximum Gasteiger partial charge on any atom is 0.416 e. The molecule has 2 N–H and O–H groups in total. The lowest BCUT2D eigenvalue weighted by Gasteiger charge is -2.36. The maximum absolute atomic E-state index is 12.7. The Morgan fingerprint density at radius 1 is 1.10 bits per heavy atom. The topological polar surface area (TPSA) is 81.6 Å². The van der Waals surface area contributed by atoms with Crippen molar-refractivity contribution in [3.63, 3.8) is 0 Å². The number of halogens is 3. The standard InChI is InChI=1S/C19H18F3N5O2S/c20-19(21,22)12-1-3-14(4-2-12)26-7-9-27(10-8-26)17-23-6-5-13(24-17)11-15-16(28)25-18(29)30-15/h1-6,11,16,28H,7-10H2,(H,25,29). The first-order valence-electron chi connectivity index (χ1n) is 9.18. The van der Waals surface area contributed by atoms with Crippen LogP contribution in [0, 0.1) is 0 Å². The summed E-state index contributed by atoms with van der Waals surface area (Å²) in [6.45, 7) is 2.46. The molecule has 11 heteroatoms. The molecule has 0 spiro atoms. The van der Waals surface area contributed by atoms with Crippen LogP contribution in [0.1, 0.15) is 11.3 Å². The number of nitrogens with zero attached hydrogens (tertiary/aromatic N) is 4. The third kappa shape index (κ3) is 4.51. The highest BCUT2D eigenvalue weighted by molar-refractivity contribution is 8.17. The van der Waals surface area contributed by atoms with E-state index in [1.54, 1.807) is 18.3 Å². The van der Waals surface area contributed by atoms with Crippen molar-refractivity contribution in [3.8, 4) is 0 Å². The van der Waals surface area contributed by atoms with Crippen molar-refractivity contribution in [1.29, 1.82) is 0 Å². The van der Waals surface area contributed by atoms with Gasteiger partial charge in [0.2, 0.25) is 5.95 Å². The molecule has 1 atom stereocenters. The number of alkyl halides is 3. The summed E-state index contributed by atoms with van der Waals surface area (Å²) in [6.07, 6.45) is -2.13. The minimum atomic E-state index is -4.34. The second-order valence-corrected chi connectivity index (χ2v) is 7.83. The summed E-state index contributed by atoms with van der Waals surface area (Å²) in [6, 6.07) is 6.85. The van der Waals surface area contributed by atoms with E-state index in [9.17, 15) is 23.1 Å². The Morgan fingerprint density at radius 3 is 2.37 bits per heavy atom. The van der Waals surface area contributed by atoms with Gasteiger partial charge in [-0.1, -0.05) is 0 Å². The first kappa shape index (κ1) is 20.5. The SMILES string of the molecule is O=C1NC(O)C(=Cc2ccnc(N3CCN(c4ccc(C(F)(F)F)cc4)CC3)n2)S1. The Kier molecular flexibility index (Phi) is 5.56. The number of hydrogen-bond donors (Lipinski definition) is 2. The van der Waals surface area contributed by atoms with Gasteiger partial charge in [-0.2, -0.15) is 13.2 Å². The summed E-state index contributed by atoms with van der Waals surface area (Å²) in [5, 5.41) is 11.9. The van der Waals surface area contributed by atoms with Crippen LogP contribution >= 0.6 is 11.8 Å². The molecule has 30 heavy (non-hydrogen) atoms. The Hall–Kier alpha value is -2.79. The minimum Gasteiger partial charge on any atom is -0.369 e. The zero-order valence-electron chi connectivity index (χ0n) is 15.6. The van der Waals surface area contributed by atoms with E-state index in [-0.39, 0.29) is 5.24 Å². The molecule has 2 aliphatic heterocycles. The number of carbonyl (C=O) groups is 1. The molecule has 2 fully saturated rings. The van der Waals surface area contributed by atoms with E-state index in [1.165, 1.54) is 12.1 Å². The van der Waals surface area contributed by atoms with Crippen LogP contribution in [-0.2, 0) is 6.18 Å². The van der Waals surface area contributed by atoms with Gasteiger partial charge in [0.05, 0.1) is 11.3 Å². The number of thioether (sulfide) groups is 1. The number of aliphatic hydroxyl groups is 1. The molecule has 0 bridgehead atoms. The molecule has 0 saturated carbocycles. The molecule has 2 aliphatic rings. The normalized spacial score (nSPS) is 21.3. The van der Waals surface area contributed by atoms with E-state index in [0.29, 0.717) is 42.7 Å². The van der Waals surface area contributed by atoms with Crippen LogP contribution in [0.25, 0.3) is 6.08 Å². The van der Waals surface area contributed by atoms with Crippen molar-refractivity contribution in [3.05, 3.63) is 52.7 Å². The highest BCUT2D eigenvalue weighted by Gasteiger charge is 2.30. The van der Waals surface area contributed by atoms with Crippen LogP contribution in [-0.4, -0.2) is 52.7 Å². The molecule has 3 heterocycles. The van der Waals surface area contributed by atoms with Crippen molar-refractivity contribution in [1.82, 2.24) is 15.3 Å². The van der Waals surface area contributed by atoms with Gasteiger partial charge in [0.1, 0.15) is 0 Å². The number of benzene rings is 1. The molecule has 2 aromatic rings. The molecule has 2 saturated heterocycles. The summed E-state index contributed by atoms with van der Waals surface area (Å²) in [5.74, 6) is 0.521. The number of anilines is 2. The Morgan fingerprint density at radius 2 is 1.77 bits per heavy atom. The zero-order chi connectivity index (χ0) is 21.3. The molecule has 1 unspecified atom stereocenters. The van der Waals surface area contributed by atoms with Crippen LogP contribution in [0.15, 0.2) is 41.4 Å². The van der Waals surface area contributed by atoms with Crippen LogP contribution in [0.2, 0.25) is 0 Å². The maximum atomic E-state index is 12.7. The molecule has 0 aliphatic carbocycles. The molecule has 7 nitrogen and oxygen atoms in total. The van der Waals surface area contributed by atoms with E-state index in [2.05, 4.69) is 15.3 Å². The monoisotopic (exact) mass is 437 g/mol. The summed E-state index contributed by atoms with van der Waals surface area (Å²) < 4.78 is 38.2. The lowest BCUT2D eigenvalue weighted by molar-refractivity contribution is -0.137. The third-order valence-corrected chi connectivity index (χ3v) is 5.69. The summed E-state index contributed by atoms with van der Waals surface area (Å²) in [4.78, 5) is 24.6. The average molecular weight is 437 g/mol. The predicted molar refractivity (Wildman–Crippen MR) is 108 cm³/mol. The number of piperazine rings is 1. The van der Waals surface area contributed by atoms with E-state index in [4.69, 9.17) is 0 Å². The molecule has 1 aromatic carbocycles. The predicted octanol–water partition coefficient (Wildman–Crippen LogP) is 2.94. The lowest BCUT2D eigenvalue weighted by atomic mass is 10.1. The molecular formula is C19H18F3N5O2S. The fourth-order valence-electron chi connectivity index (χ4n) is 3.25. The second-order valence-electron chi connectivity index (χ2n) is 6.78. The van der Waals surface area contributed by atoms with Crippen molar-refractivity contribution >= 4 is 34.7 Å². The number of rotatable bonds is 3. The van der Waals surface area contributed by atoms with Gasteiger partial charge in [-0.15, -0.1) is 0 Å². The molecule has 0 radical (unpaired) electrons. The lowest BCUT2D eigenvalue weighted by Crippen LogP contribution is -2.47. The van der Waals surface area contributed by atoms with Crippen molar-refractivity contribution in [2.75, 3.05) is 36.0 Å². The van der Waals surface area contributed by atoms with Gasteiger partial charge in [-0.05, 0) is 48.2 Å². The number of amides is 1.